The molecule has 0 spiro atoms. The van der Waals surface area contributed by atoms with E-state index < -0.39 is 11.7 Å². The molecule has 0 aliphatic carbocycles. The lowest BCUT2D eigenvalue weighted by atomic mass is 10.0. The summed E-state index contributed by atoms with van der Waals surface area (Å²) in [6.07, 6.45) is 0.467. The van der Waals surface area contributed by atoms with Crippen molar-refractivity contribution < 1.29 is 10.2 Å². The van der Waals surface area contributed by atoms with Crippen LogP contribution in [0, 0.1) is 0 Å². The van der Waals surface area contributed by atoms with E-state index in [4.69, 9.17) is 0 Å². The van der Waals surface area contributed by atoms with Crippen LogP contribution in [0.4, 0.5) is 0 Å². The van der Waals surface area contributed by atoms with Crippen molar-refractivity contribution in [3.63, 3.8) is 0 Å². The maximum atomic E-state index is 9.55. The van der Waals surface area contributed by atoms with Gasteiger partial charge < -0.3 is 14.8 Å². The van der Waals surface area contributed by atoms with Gasteiger partial charge in [-0.2, -0.15) is 0 Å². The Bertz CT molecular complexity index is 264. The molecule has 0 radical (unpaired) electrons. The van der Waals surface area contributed by atoms with E-state index in [1.807, 2.05) is 0 Å². The van der Waals surface area contributed by atoms with Gasteiger partial charge in [0.1, 0.15) is 12.4 Å². The van der Waals surface area contributed by atoms with Gasteiger partial charge in [0.05, 0.1) is 5.60 Å². The fourth-order valence-corrected chi connectivity index (χ4v) is 0.856. The van der Waals surface area contributed by atoms with E-state index >= 15 is 0 Å². The van der Waals surface area contributed by atoms with Crippen LogP contribution in [0.5, 0.6) is 0 Å². The Morgan fingerprint density at radius 3 is 2.50 bits per heavy atom. The highest BCUT2D eigenvalue weighted by molar-refractivity contribution is 4.96. The summed E-state index contributed by atoms with van der Waals surface area (Å²) in [7, 11) is 1.71. The number of rotatable bonds is 2. The summed E-state index contributed by atoms with van der Waals surface area (Å²) in [6.45, 7) is 3.04. The number of aryl methyl sites for hydroxylation is 1. The Labute approximate surface area is 70.7 Å². The van der Waals surface area contributed by atoms with Crippen molar-refractivity contribution in [2.24, 2.45) is 7.05 Å². The largest absolute Gasteiger partial charge is 0.387 e. The van der Waals surface area contributed by atoms with Crippen LogP contribution in [0.3, 0.4) is 0 Å². The van der Waals surface area contributed by atoms with Crippen molar-refractivity contribution in [2.45, 2.75) is 25.6 Å². The molecule has 1 atom stereocenters. The molecule has 0 aliphatic rings. The molecule has 5 nitrogen and oxygen atoms in total. The predicted molar refractivity (Wildman–Crippen MR) is 42.3 cm³/mol. The van der Waals surface area contributed by atoms with Gasteiger partial charge in [0, 0.05) is 7.05 Å². The molecule has 1 aromatic heterocycles. The molecule has 1 heterocycles. The lowest BCUT2D eigenvalue weighted by Crippen LogP contribution is -2.30. The third-order valence-corrected chi connectivity index (χ3v) is 1.66. The topological polar surface area (TPSA) is 71.2 Å². The zero-order valence-corrected chi connectivity index (χ0v) is 7.39. The van der Waals surface area contributed by atoms with Gasteiger partial charge in [0.15, 0.2) is 5.82 Å². The predicted octanol–water partition coefficient (Wildman–Crippen LogP) is -0.381. The number of aliphatic hydroxyl groups is 2. The van der Waals surface area contributed by atoms with E-state index in [1.165, 1.54) is 20.2 Å². The van der Waals surface area contributed by atoms with Crippen molar-refractivity contribution >= 4 is 0 Å². The van der Waals surface area contributed by atoms with Crippen LogP contribution in [0.25, 0.3) is 0 Å². The van der Waals surface area contributed by atoms with Gasteiger partial charge in [-0.25, -0.2) is 0 Å². The molecule has 68 valence electrons. The molecule has 0 saturated carbocycles. The Morgan fingerprint density at radius 2 is 2.17 bits per heavy atom. The van der Waals surface area contributed by atoms with Crippen LogP contribution in [0.2, 0.25) is 0 Å². The molecular weight excluding hydrogens is 158 g/mol. The second-order valence-corrected chi connectivity index (χ2v) is 3.36. The summed E-state index contributed by atoms with van der Waals surface area (Å²) in [5.41, 5.74) is -1.19. The molecule has 2 N–H and O–H groups in total. The molecule has 1 aromatic rings. The second-order valence-electron chi connectivity index (χ2n) is 3.36. The van der Waals surface area contributed by atoms with Crippen LogP contribution in [-0.4, -0.2) is 30.6 Å². The Morgan fingerprint density at radius 1 is 1.58 bits per heavy atom. The lowest BCUT2D eigenvalue weighted by Gasteiger charge is -2.23. The van der Waals surface area contributed by atoms with Gasteiger partial charge in [-0.3, -0.25) is 0 Å². The lowest BCUT2D eigenvalue weighted by molar-refractivity contribution is -0.0553. The molecule has 0 saturated heterocycles. The number of aromatic nitrogens is 3. The minimum atomic E-state index is -1.19. The van der Waals surface area contributed by atoms with Gasteiger partial charge in [0.2, 0.25) is 0 Å². The molecule has 1 rings (SSSR count). The number of nitrogens with zero attached hydrogens (tertiary/aromatic N) is 3. The SMILES string of the molecule is Cn1cnnc1C(O)C(C)(C)O. The number of hydrogen-bond donors (Lipinski definition) is 2. The van der Waals surface area contributed by atoms with Crippen LogP contribution in [0.1, 0.15) is 25.8 Å². The third kappa shape index (κ3) is 1.62. The molecular formula is C7H13N3O2. The van der Waals surface area contributed by atoms with Gasteiger partial charge >= 0.3 is 0 Å². The average molecular weight is 171 g/mol. The summed E-state index contributed by atoms with van der Waals surface area (Å²) in [4.78, 5) is 0. The van der Waals surface area contributed by atoms with Crippen molar-refractivity contribution in [3.05, 3.63) is 12.2 Å². The standard InChI is InChI=1S/C7H13N3O2/c1-7(2,12)5(11)6-9-8-4-10(6)3/h4-5,11-12H,1-3H3. The van der Waals surface area contributed by atoms with Gasteiger partial charge in [0.25, 0.3) is 0 Å². The van der Waals surface area contributed by atoms with E-state index in [1.54, 1.807) is 11.6 Å². The number of hydrogen-bond acceptors (Lipinski definition) is 4. The first-order chi connectivity index (χ1) is 5.43. The average Bonchev–Trinajstić information content (AvgIpc) is 2.31. The first-order valence-corrected chi connectivity index (χ1v) is 3.67. The highest BCUT2D eigenvalue weighted by Gasteiger charge is 2.29. The van der Waals surface area contributed by atoms with Gasteiger partial charge in [-0.1, -0.05) is 0 Å². The zero-order valence-electron chi connectivity index (χ0n) is 7.39. The fraction of sp³-hybridized carbons (Fsp3) is 0.714. The Hall–Kier alpha value is -0.940. The summed E-state index contributed by atoms with van der Waals surface area (Å²) in [5, 5.41) is 26.3. The molecule has 0 amide bonds. The van der Waals surface area contributed by atoms with Crippen molar-refractivity contribution in [1.82, 2.24) is 14.8 Å². The summed E-state index contributed by atoms with van der Waals surface area (Å²) >= 11 is 0. The Kier molecular flexibility index (Phi) is 2.16. The minimum Gasteiger partial charge on any atom is -0.387 e. The van der Waals surface area contributed by atoms with E-state index in [-0.39, 0.29) is 0 Å². The van der Waals surface area contributed by atoms with Gasteiger partial charge in [-0.05, 0) is 13.8 Å². The molecule has 0 bridgehead atoms. The van der Waals surface area contributed by atoms with Crippen molar-refractivity contribution in [1.29, 1.82) is 0 Å². The number of aliphatic hydroxyl groups excluding tert-OH is 1. The van der Waals surface area contributed by atoms with E-state index in [9.17, 15) is 10.2 Å². The third-order valence-electron chi connectivity index (χ3n) is 1.66. The molecule has 0 aromatic carbocycles. The van der Waals surface area contributed by atoms with Crippen LogP contribution in [-0.2, 0) is 7.05 Å². The minimum absolute atomic E-state index is 0.363. The van der Waals surface area contributed by atoms with E-state index in [2.05, 4.69) is 10.2 Å². The molecule has 12 heavy (non-hydrogen) atoms. The highest BCUT2D eigenvalue weighted by atomic mass is 16.3. The Balaban J connectivity index is 2.92. The molecule has 5 heteroatoms. The highest BCUT2D eigenvalue weighted by Crippen LogP contribution is 2.22. The van der Waals surface area contributed by atoms with E-state index in [0.29, 0.717) is 5.82 Å². The summed E-state index contributed by atoms with van der Waals surface area (Å²) < 4.78 is 1.57. The van der Waals surface area contributed by atoms with Crippen LogP contribution in [0.15, 0.2) is 6.33 Å². The normalized spacial score (nSPS) is 14.8. The molecule has 0 aliphatic heterocycles. The molecule has 1 unspecified atom stereocenters. The summed E-state index contributed by atoms with van der Waals surface area (Å²) in [5.74, 6) is 0.363. The summed E-state index contributed by atoms with van der Waals surface area (Å²) in [6, 6.07) is 0. The van der Waals surface area contributed by atoms with Gasteiger partial charge in [-0.15, -0.1) is 10.2 Å². The maximum Gasteiger partial charge on any atom is 0.164 e. The first-order valence-electron chi connectivity index (χ1n) is 3.67. The maximum absolute atomic E-state index is 9.55. The van der Waals surface area contributed by atoms with Crippen molar-refractivity contribution in [3.8, 4) is 0 Å². The quantitative estimate of drug-likeness (QED) is 0.636. The fourth-order valence-electron chi connectivity index (χ4n) is 0.856. The van der Waals surface area contributed by atoms with Crippen molar-refractivity contribution in [2.75, 3.05) is 0 Å². The first kappa shape index (κ1) is 9.15. The smallest absolute Gasteiger partial charge is 0.164 e. The molecule has 0 fully saturated rings. The monoisotopic (exact) mass is 171 g/mol. The van der Waals surface area contributed by atoms with E-state index in [0.717, 1.165) is 0 Å². The van der Waals surface area contributed by atoms with Crippen LogP contribution < -0.4 is 0 Å². The van der Waals surface area contributed by atoms with Crippen LogP contribution >= 0.6 is 0 Å². The zero-order chi connectivity index (χ0) is 9.35. The second kappa shape index (κ2) is 2.84.